The predicted molar refractivity (Wildman–Crippen MR) is 82.7 cm³/mol. The Hall–Kier alpha value is -1.35. The smallest absolute Gasteiger partial charge is 0.236 e. The number of amides is 1. The van der Waals surface area contributed by atoms with Crippen LogP contribution in [0.3, 0.4) is 0 Å². The minimum atomic E-state index is -0.0540. The summed E-state index contributed by atoms with van der Waals surface area (Å²) >= 11 is 0. The monoisotopic (exact) mass is 274 g/mol. The van der Waals surface area contributed by atoms with E-state index in [1.807, 2.05) is 0 Å². The highest BCUT2D eigenvalue weighted by Crippen LogP contribution is 2.37. The number of carbonyl (C=O) groups excluding carboxylic acids is 1. The Kier molecular flexibility index (Phi) is 5.18. The van der Waals surface area contributed by atoms with Crippen molar-refractivity contribution in [2.24, 2.45) is 5.92 Å². The van der Waals surface area contributed by atoms with Crippen LogP contribution in [0.2, 0.25) is 0 Å². The number of rotatable bonds is 6. The van der Waals surface area contributed by atoms with Crippen LogP contribution in [0.1, 0.15) is 44.6 Å². The first kappa shape index (κ1) is 15.0. The summed E-state index contributed by atoms with van der Waals surface area (Å²) in [6, 6.07) is 11.1. The van der Waals surface area contributed by atoms with Crippen LogP contribution in [0, 0.1) is 5.92 Å². The van der Waals surface area contributed by atoms with Gasteiger partial charge in [0.05, 0.1) is 6.04 Å². The first-order valence-corrected chi connectivity index (χ1v) is 7.62. The van der Waals surface area contributed by atoms with E-state index in [-0.39, 0.29) is 11.9 Å². The average molecular weight is 274 g/mol. The number of nitrogens with one attached hydrogen (secondary N) is 2. The summed E-state index contributed by atoms with van der Waals surface area (Å²) in [7, 11) is 1.71. The summed E-state index contributed by atoms with van der Waals surface area (Å²) in [5.74, 6) is 1.29. The number of benzene rings is 1. The molecule has 110 valence electrons. The van der Waals surface area contributed by atoms with Crippen molar-refractivity contribution in [2.45, 2.75) is 51.1 Å². The zero-order valence-corrected chi connectivity index (χ0v) is 12.7. The van der Waals surface area contributed by atoms with Gasteiger partial charge in [-0.3, -0.25) is 4.79 Å². The molecule has 1 aliphatic carbocycles. The van der Waals surface area contributed by atoms with E-state index < -0.39 is 0 Å². The Morgan fingerprint density at radius 2 is 1.90 bits per heavy atom. The van der Waals surface area contributed by atoms with Gasteiger partial charge in [0, 0.05) is 13.1 Å². The van der Waals surface area contributed by atoms with E-state index >= 15 is 0 Å². The molecule has 2 rings (SSSR count). The molecule has 0 bridgehead atoms. The number of carbonyl (C=O) groups is 1. The van der Waals surface area contributed by atoms with E-state index in [1.165, 1.54) is 5.56 Å². The molecule has 1 aliphatic rings. The molecule has 3 heteroatoms. The molecule has 20 heavy (non-hydrogen) atoms. The van der Waals surface area contributed by atoms with E-state index in [9.17, 15) is 4.79 Å². The van der Waals surface area contributed by atoms with Gasteiger partial charge in [-0.05, 0) is 36.7 Å². The molecule has 0 radical (unpaired) electrons. The molecule has 2 N–H and O–H groups in total. The SMILES string of the molecule is CNC(=O)C(CC(C)C)NC1CC(c2ccccc2)C1. The fourth-order valence-corrected chi connectivity index (χ4v) is 2.93. The average Bonchev–Trinajstić information content (AvgIpc) is 2.40. The highest BCUT2D eigenvalue weighted by Gasteiger charge is 2.33. The molecule has 0 aromatic heterocycles. The molecule has 1 atom stereocenters. The maximum absolute atomic E-state index is 11.9. The molecule has 1 aromatic carbocycles. The van der Waals surface area contributed by atoms with Gasteiger partial charge in [-0.15, -0.1) is 0 Å². The fourth-order valence-electron chi connectivity index (χ4n) is 2.93. The molecule has 1 aromatic rings. The lowest BCUT2D eigenvalue weighted by Gasteiger charge is -2.38. The van der Waals surface area contributed by atoms with Crippen molar-refractivity contribution in [3.63, 3.8) is 0 Å². The minimum absolute atomic E-state index is 0.0540. The highest BCUT2D eigenvalue weighted by atomic mass is 16.2. The van der Waals surface area contributed by atoms with Gasteiger partial charge < -0.3 is 10.6 Å². The third-order valence-electron chi connectivity index (χ3n) is 4.12. The third-order valence-corrected chi connectivity index (χ3v) is 4.12. The molecular formula is C17H26N2O. The zero-order valence-electron chi connectivity index (χ0n) is 12.7. The standard InChI is InChI=1S/C17H26N2O/c1-12(2)9-16(17(20)18-3)19-15-10-14(11-15)13-7-5-4-6-8-13/h4-8,12,14-16,19H,9-11H2,1-3H3,(H,18,20). The molecule has 3 nitrogen and oxygen atoms in total. The van der Waals surface area contributed by atoms with Crippen molar-refractivity contribution in [1.29, 1.82) is 0 Å². The lowest BCUT2D eigenvalue weighted by molar-refractivity contribution is -0.123. The third kappa shape index (κ3) is 3.83. The summed E-state index contributed by atoms with van der Waals surface area (Å²) < 4.78 is 0. The Morgan fingerprint density at radius 3 is 2.45 bits per heavy atom. The summed E-state index contributed by atoms with van der Waals surface area (Å²) in [6.45, 7) is 4.32. The summed E-state index contributed by atoms with van der Waals surface area (Å²) in [6.07, 6.45) is 3.16. The van der Waals surface area contributed by atoms with Crippen molar-refractivity contribution in [3.8, 4) is 0 Å². The molecule has 0 aliphatic heterocycles. The van der Waals surface area contributed by atoms with Gasteiger partial charge in [-0.25, -0.2) is 0 Å². The van der Waals surface area contributed by atoms with Crippen LogP contribution >= 0.6 is 0 Å². The maximum Gasteiger partial charge on any atom is 0.236 e. The fraction of sp³-hybridized carbons (Fsp3) is 0.588. The van der Waals surface area contributed by atoms with E-state index in [0.717, 1.165) is 19.3 Å². The van der Waals surface area contributed by atoms with Gasteiger partial charge in [0.25, 0.3) is 0 Å². The van der Waals surface area contributed by atoms with E-state index in [0.29, 0.717) is 17.9 Å². The van der Waals surface area contributed by atoms with Gasteiger partial charge >= 0.3 is 0 Å². The topological polar surface area (TPSA) is 41.1 Å². The maximum atomic E-state index is 11.9. The summed E-state index contributed by atoms with van der Waals surface area (Å²) in [4.78, 5) is 11.9. The Bertz CT molecular complexity index is 424. The first-order valence-electron chi connectivity index (χ1n) is 7.62. The van der Waals surface area contributed by atoms with Gasteiger partial charge in [-0.1, -0.05) is 44.2 Å². The van der Waals surface area contributed by atoms with Gasteiger partial charge in [0.2, 0.25) is 5.91 Å². The second kappa shape index (κ2) is 6.89. The lowest BCUT2D eigenvalue weighted by Crippen LogP contribution is -2.51. The molecule has 0 saturated heterocycles. The van der Waals surface area contributed by atoms with Crippen LogP contribution in [0.15, 0.2) is 30.3 Å². The quantitative estimate of drug-likeness (QED) is 0.837. The molecule has 1 saturated carbocycles. The predicted octanol–water partition coefficient (Wildman–Crippen LogP) is 2.68. The van der Waals surface area contributed by atoms with Gasteiger partial charge in [-0.2, -0.15) is 0 Å². The number of hydrogen-bond donors (Lipinski definition) is 2. The molecular weight excluding hydrogens is 248 g/mol. The Balaban J connectivity index is 1.84. The van der Waals surface area contributed by atoms with Crippen molar-refractivity contribution in [3.05, 3.63) is 35.9 Å². The zero-order chi connectivity index (χ0) is 14.5. The lowest BCUT2D eigenvalue weighted by atomic mass is 9.75. The number of hydrogen-bond acceptors (Lipinski definition) is 2. The van der Waals surface area contributed by atoms with Crippen LogP contribution in [0.25, 0.3) is 0 Å². The summed E-state index contributed by atoms with van der Waals surface area (Å²) in [5.41, 5.74) is 1.42. The van der Waals surface area contributed by atoms with Crippen molar-refractivity contribution < 1.29 is 4.79 Å². The van der Waals surface area contributed by atoms with E-state index in [2.05, 4.69) is 54.8 Å². The largest absolute Gasteiger partial charge is 0.358 e. The summed E-state index contributed by atoms with van der Waals surface area (Å²) in [5, 5.41) is 6.29. The Morgan fingerprint density at radius 1 is 1.25 bits per heavy atom. The molecule has 0 spiro atoms. The van der Waals surface area contributed by atoms with Crippen LogP contribution in [-0.2, 0) is 4.79 Å². The van der Waals surface area contributed by atoms with Crippen LogP contribution in [-0.4, -0.2) is 25.0 Å². The molecule has 0 heterocycles. The Labute approximate surface area is 122 Å². The highest BCUT2D eigenvalue weighted by molar-refractivity contribution is 5.81. The van der Waals surface area contributed by atoms with Gasteiger partial charge in [0.15, 0.2) is 0 Å². The first-order chi connectivity index (χ1) is 9.60. The molecule has 1 fully saturated rings. The van der Waals surface area contributed by atoms with Gasteiger partial charge in [0.1, 0.15) is 0 Å². The van der Waals surface area contributed by atoms with Crippen LogP contribution in [0.4, 0.5) is 0 Å². The molecule has 1 unspecified atom stereocenters. The second-order valence-corrected chi connectivity index (χ2v) is 6.24. The van der Waals surface area contributed by atoms with E-state index in [1.54, 1.807) is 7.05 Å². The van der Waals surface area contributed by atoms with Crippen LogP contribution in [0.5, 0.6) is 0 Å². The molecule has 1 amide bonds. The number of likely N-dealkylation sites (N-methyl/N-ethyl adjacent to an activating group) is 1. The van der Waals surface area contributed by atoms with E-state index in [4.69, 9.17) is 0 Å². The van der Waals surface area contributed by atoms with Crippen LogP contribution < -0.4 is 10.6 Å². The van der Waals surface area contributed by atoms with Crippen molar-refractivity contribution in [1.82, 2.24) is 10.6 Å². The minimum Gasteiger partial charge on any atom is -0.358 e. The second-order valence-electron chi connectivity index (χ2n) is 6.24. The van der Waals surface area contributed by atoms with Crippen molar-refractivity contribution in [2.75, 3.05) is 7.05 Å². The normalized spacial score (nSPS) is 23.2. The van der Waals surface area contributed by atoms with Crippen molar-refractivity contribution >= 4 is 5.91 Å².